The number of para-hydroxylation sites is 1. The van der Waals surface area contributed by atoms with Crippen molar-refractivity contribution in [2.24, 2.45) is 0 Å². The molecule has 25 heavy (non-hydrogen) atoms. The van der Waals surface area contributed by atoms with Crippen molar-refractivity contribution in [3.05, 3.63) is 69.8 Å². The monoisotopic (exact) mass is 343 g/mol. The summed E-state index contributed by atoms with van der Waals surface area (Å²) < 4.78 is 10.3. The second-order valence-electron chi connectivity index (χ2n) is 5.25. The summed E-state index contributed by atoms with van der Waals surface area (Å²) >= 11 is 0. The number of carbonyl (C=O) groups excluding carboxylic acids is 2. The number of hydrogen-bond donors (Lipinski definition) is 0. The quantitative estimate of drug-likeness (QED) is 0.316. The third-order valence-corrected chi connectivity index (χ3v) is 3.41. The van der Waals surface area contributed by atoms with E-state index in [9.17, 15) is 19.7 Å². The van der Waals surface area contributed by atoms with Gasteiger partial charge in [0, 0.05) is 17.2 Å². The first-order chi connectivity index (χ1) is 12.0. The number of nitro groups is 1. The van der Waals surface area contributed by atoms with E-state index in [4.69, 9.17) is 9.47 Å². The fraction of sp³-hybridized carbons (Fsp3) is 0.222. The van der Waals surface area contributed by atoms with Gasteiger partial charge in [-0.2, -0.15) is 0 Å². The highest BCUT2D eigenvalue weighted by Gasteiger charge is 2.16. The largest absolute Gasteiger partial charge is 0.493 e. The molecule has 7 heteroatoms. The fourth-order valence-electron chi connectivity index (χ4n) is 2.05. The minimum atomic E-state index is -0.578. The molecule has 0 unspecified atom stereocenters. The van der Waals surface area contributed by atoms with Crippen LogP contribution in [0, 0.1) is 17.0 Å². The lowest BCUT2D eigenvalue weighted by molar-refractivity contribution is -0.385. The Hall–Kier alpha value is -3.22. The molecule has 0 bridgehead atoms. The molecule has 0 aliphatic heterocycles. The number of rotatable bonds is 8. The van der Waals surface area contributed by atoms with Gasteiger partial charge >= 0.3 is 5.97 Å². The molecule has 0 heterocycles. The number of nitrogens with zero attached hydrogens (tertiary/aromatic N) is 1. The molecule has 2 aromatic rings. The molecule has 0 saturated carbocycles. The zero-order valence-electron chi connectivity index (χ0n) is 13.6. The van der Waals surface area contributed by atoms with E-state index >= 15 is 0 Å². The average Bonchev–Trinajstić information content (AvgIpc) is 2.60. The molecule has 2 rings (SSSR count). The first kappa shape index (κ1) is 18.1. The van der Waals surface area contributed by atoms with E-state index in [1.807, 2.05) is 18.2 Å². The van der Waals surface area contributed by atoms with Crippen LogP contribution in [-0.2, 0) is 9.53 Å². The van der Waals surface area contributed by atoms with Crippen molar-refractivity contribution in [1.82, 2.24) is 0 Å². The first-order valence-electron chi connectivity index (χ1n) is 7.59. The van der Waals surface area contributed by atoms with Gasteiger partial charge in [0.25, 0.3) is 5.69 Å². The number of esters is 1. The van der Waals surface area contributed by atoms with Crippen molar-refractivity contribution in [2.45, 2.75) is 13.3 Å². The molecule has 0 fully saturated rings. The van der Waals surface area contributed by atoms with Crippen LogP contribution in [-0.4, -0.2) is 29.9 Å². The number of carbonyl (C=O) groups is 2. The van der Waals surface area contributed by atoms with Crippen LogP contribution in [0.3, 0.4) is 0 Å². The van der Waals surface area contributed by atoms with Crippen LogP contribution in [0.25, 0.3) is 0 Å². The highest BCUT2D eigenvalue weighted by molar-refractivity contribution is 5.98. The molecule has 0 spiro atoms. The Labute approximate surface area is 144 Å². The molecule has 0 aliphatic carbocycles. The van der Waals surface area contributed by atoms with E-state index in [2.05, 4.69) is 0 Å². The first-order valence-corrected chi connectivity index (χ1v) is 7.59. The van der Waals surface area contributed by atoms with E-state index in [1.54, 1.807) is 19.1 Å². The summed E-state index contributed by atoms with van der Waals surface area (Å²) in [6.45, 7) is 1.25. The third kappa shape index (κ3) is 5.42. The highest BCUT2D eigenvalue weighted by atomic mass is 16.6. The van der Waals surface area contributed by atoms with Crippen LogP contribution in [0.5, 0.6) is 5.75 Å². The summed E-state index contributed by atoms with van der Waals surface area (Å²) in [5.74, 6) is -0.440. The molecular weight excluding hydrogens is 326 g/mol. The van der Waals surface area contributed by atoms with E-state index in [0.717, 1.165) is 0 Å². The number of nitro benzene ring substituents is 1. The van der Waals surface area contributed by atoms with Crippen molar-refractivity contribution in [3.63, 3.8) is 0 Å². The van der Waals surface area contributed by atoms with Crippen LogP contribution in [0.1, 0.15) is 22.3 Å². The Kier molecular flexibility index (Phi) is 6.22. The maximum absolute atomic E-state index is 12.0. The summed E-state index contributed by atoms with van der Waals surface area (Å²) in [7, 11) is 0. The number of benzene rings is 2. The average molecular weight is 343 g/mol. The van der Waals surface area contributed by atoms with E-state index in [0.29, 0.717) is 11.3 Å². The van der Waals surface area contributed by atoms with Gasteiger partial charge < -0.3 is 9.47 Å². The number of hydrogen-bond acceptors (Lipinski definition) is 6. The maximum atomic E-state index is 12.0. The molecule has 7 nitrogen and oxygen atoms in total. The smallest absolute Gasteiger partial charge is 0.309 e. The Bertz CT molecular complexity index is 772. The normalized spacial score (nSPS) is 10.1. The Morgan fingerprint density at radius 3 is 2.52 bits per heavy atom. The molecule has 0 amide bonds. The van der Waals surface area contributed by atoms with Gasteiger partial charge in [0.05, 0.1) is 18.0 Å². The second-order valence-corrected chi connectivity index (χ2v) is 5.25. The molecule has 0 saturated heterocycles. The van der Waals surface area contributed by atoms with Gasteiger partial charge in [-0.1, -0.05) is 30.3 Å². The number of ether oxygens (including phenoxy) is 2. The van der Waals surface area contributed by atoms with Crippen molar-refractivity contribution in [3.8, 4) is 5.75 Å². The summed E-state index contributed by atoms with van der Waals surface area (Å²) in [5.41, 5.74) is 0.440. The SMILES string of the molecule is Cc1ccc(C(=O)COC(=O)CCOc2ccccc2)cc1[N+](=O)[O-]. The van der Waals surface area contributed by atoms with Crippen molar-refractivity contribution >= 4 is 17.4 Å². The van der Waals surface area contributed by atoms with Crippen molar-refractivity contribution < 1.29 is 24.0 Å². The predicted octanol–water partition coefficient (Wildman–Crippen LogP) is 3.10. The predicted molar refractivity (Wildman–Crippen MR) is 89.7 cm³/mol. The minimum Gasteiger partial charge on any atom is -0.493 e. The molecule has 0 aliphatic rings. The van der Waals surface area contributed by atoms with Crippen LogP contribution >= 0.6 is 0 Å². The van der Waals surface area contributed by atoms with Gasteiger partial charge in [0.15, 0.2) is 6.61 Å². The van der Waals surface area contributed by atoms with Gasteiger partial charge in [-0.3, -0.25) is 19.7 Å². The molecule has 0 radical (unpaired) electrons. The van der Waals surface area contributed by atoms with E-state index in [1.165, 1.54) is 18.2 Å². The molecule has 130 valence electrons. The Morgan fingerprint density at radius 1 is 1.12 bits per heavy atom. The van der Waals surface area contributed by atoms with Crippen LogP contribution in [0.2, 0.25) is 0 Å². The Morgan fingerprint density at radius 2 is 1.84 bits per heavy atom. The lowest BCUT2D eigenvalue weighted by atomic mass is 10.1. The topological polar surface area (TPSA) is 95.7 Å². The van der Waals surface area contributed by atoms with Crippen LogP contribution in [0.4, 0.5) is 5.69 Å². The lowest BCUT2D eigenvalue weighted by Gasteiger charge is -2.07. The lowest BCUT2D eigenvalue weighted by Crippen LogP contribution is -2.16. The fourth-order valence-corrected chi connectivity index (χ4v) is 2.05. The molecular formula is C18H17NO6. The molecule has 0 atom stereocenters. The van der Waals surface area contributed by atoms with Gasteiger partial charge in [-0.25, -0.2) is 0 Å². The zero-order valence-corrected chi connectivity index (χ0v) is 13.6. The maximum Gasteiger partial charge on any atom is 0.309 e. The van der Waals surface area contributed by atoms with E-state index in [-0.39, 0.29) is 24.3 Å². The van der Waals surface area contributed by atoms with Crippen LogP contribution in [0.15, 0.2) is 48.5 Å². The zero-order chi connectivity index (χ0) is 18.2. The number of Topliss-reactive ketones (excluding diaryl/α,β-unsaturated/α-hetero) is 1. The Balaban J connectivity index is 1.80. The van der Waals surface area contributed by atoms with Crippen LogP contribution < -0.4 is 4.74 Å². The van der Waals surface area contributed by atoms with E-state index < -0.39 is 23.3 Å². The standard InChI is InChI=1S/C18H17NO6/c1-13-7-8-14(11-16(13)19(22)23)17(20)12-25-18(21)9-10-24-15-5-3-2-4-6-15/h2-8,11H,9-10,12H2,1H3. The highest BCUT2D eigenvalue weighted by Crippen LogP contribution is 2.19. The summed E-state index contributed by atoms with van der Waals surface area (Å²) in [4.78, 5) is 34.0. The van der Waals surface area contributed by atoms with Gasteiger partial charge in [0.1, 0.15) is 5.75 Å². The number of aryl methyl sites for hydroxylation is 1. The van der Waals surface area contributed by atoms with Gasteiger partial charge in [-0.05, 0) is 19.1 Å². The second kappa shape index (κ2) is 8.58. The van der Waals surface area contributed by atoms with Crippen molar-refractivity contribution in [2.75, 3.05) is 13.2 Å². The molecule has 2 aromatic carbocycles. The summed E-state index contributed by atoms with van der Waals surface area (Å²) in [6, 6.07) is 13.1. The van der Waals surface area contributed by atoms with Crippen molar-refractivity contribution in [1.29, 1.82) is 0 Å². The molecule has 0 N–H and O–H groups in total. The molecule has 0 aromatic heterocycles. The third-order valence-electron chi connectivity index (χ3n) is 3.41. The summed E-state index contributed by atoms with van der Waals surface area (Å²) in [6.07, 6.45) is -0.00375. The van der Waals surface area contributed by atoms with Gasteiger partial charge in [-0.15, -0.1) is 0 Å². The summed E-state index contributed by atoms with van der Waals surface area (Å²) in [5, 5.41) is 10.9. The minimum absolute atomic E-state index is 0.00375. The number of ketones is 1. The van der Waals surface area contributed by atoms with Gasteiger partial charge in [0.2, 0.25) is 5.78 Å².